The van der Waals surface area contributed by atoms with Gasteiger partial charge in [-0.05, 0) is 12.3 Å². The minimum Gasteiger partial charge on any atom is -0.476 e. The fourth-order valence-corrected chi connectivity index (χ4v) is 3.32. The van der Waals surface area contributed by atoms with E-state index >= 15 is 0 Å². The molecule has 1 aliphatic rings. The lowest BCUT2D eigenvalue weighted by molar-refractivity contribution is 0.0689. The molecular formula is C18H22N2O2. The third kappa shape index (κ3) is 3.38. The van der Waals surface area contributed by atoms with Gasteiger partial charge in [-0.15, -0.1) is 0 Å². The average Bonchev–Trinajstić information content (AvgIpc) is 2.78. The van der Waals surface area contributed by atoms with Crippen molar-refractivity contribution in [2.24, 2.45) is 5.92 Å². The average molecular weight is 298 g/mol. The van der Waals surface area contributed by atoms with Crippen molar-refractivity contribution >= 4 is 5.97 Å². The van der Waals surface area contributed by atoms with Crippen LogP contribution in [0.5, 0.6) is 0 Å². The van der Waals surface area contributed by atoms with Gasteiger partial charge < -0.3 is 10.1 Å². The van der Waals surface area contributed by atoms with E-state index in [-0.39, 0.29) is 5.69 Å². The van der Waals surface area contributed by atoms with E-state index in [0.29, 0.717) is 11.7 Å². The number of aromatic nitrogens is 2. The summed E-state index contributed by atoms with van der Waals surface area (Å²) in [6.45, 7) is 0. The number of imidazole rings is 1. The Morgan fingerprint density at radius 1 is 1.14 bits per heavy atom. The van der Waals surface area contributed by atoms with Crippen LogP contribution in [0.4, 0.5) is 0 Å². The maximum Gasteiger partial charge on any atom is 0.356 e. The standard InChI is InChI=1S/C18H22N2O2/c21-18(22)16-15(12-13-8-4-1-2-5-9-13)19-17(20-16)14-10-6-3-7-11-14/h3,6-7,10-11,13H,1-2,4-5,8-9,12H2,(H,19,20)(H,21,22). The first kappa shape index (κ1) is 14.8. The van der Waals surface area contributed by atoms with Crippen LogP contribution < -0.4 is 0 Å². The lowest BCUT2D eigenvalue weighted by Gasteiger charge is -2.12. The minimum absolute atomic E-state index is 0.183. The lowest BCUT2D eigenvalue weighted by atomic mass is 9.94. The monoisotopic (exact) mass is 298 g/mol. The first-order valence-electron chi connectivity index (χ1n) is 8.11. The van der Waals surface area contributed by atoms with Gasteiger partial charge in [0.25, 0.3) is 0 Å². The lowest BCUT2D eigenvalue weighted by Crippen LogP contribution is -2.08. The molecule has 0 unspecified atom stereocenters. The SMILES string of the molecule is O=C(O)c1nc(-c2ccccc2)[nH]c1CC1CCCCCC1. The van der Waals surface area contributed by atoms with Gasteiger partial charge in [-0.1, -0.05) is 68.9 Å². The van der Waals surface area contributed by atoms with Crippen LogP contribution in [0.15, 0.2) is 30.3 Å². The normalized spacial score (nSPS) is 16.4. The minimum atomic E-state index is -0.943. The molecule has 1 fully saturated rings. The van der Waals surface area contributed by atoms with E-state index in [4.69, 9.17) is 0 Å². The zero-order valence-corrected chi connectivity index (χ0v) is 12.7. The van der Waals surface area contributed by atoms with Crippen molar-refractivity contribution < 1.29 is 9.90 Å². The summed E-state index contributed by atoms with van der Waals surface area (Å²) in [6, 6.07) is 9.70. The molecule has 0 bridgehead atoms. The van der Waals surface area contributed by atoms with Crippen LogP contribution in [0.1, 0.15) is 54.7 Å². The number of nitrogens with zero attached hydrogens (tertiary/aromatic N) is 1. The second-order valence-corrected chi connectivity index (χ2v) is 6.15. The molecule has 1 aliphatic carbocycles. The molecule has 3 rings (SSSR count). The van der Waals surface area contributed by atoms with Gasteiger partial charge in [-0.3, -0.25) is 0 Å². The fourth-order valence-electron chi connectivity index (χ4n) is 3.32. The van der Waals surface area contributed by atoms with Gasteiger partial charge >= 0.3 is 5.97 Å². The highest BCUT2D eigenvalue weighted by Gasteiger charge is 2.21. The predicted octanol–water partition coefficient (Wildman–Crippen LogP) is 4.29. The highest BCUT2D eigenvalue weighted by molar-refractivity contribution is 5.87. The maximum absolute atomic E-state index is 11.5. The van der Waals surface area contributed by atoms with Crippen LogP contribution in [-0.4, -0.2) is 21.0 Å². The molecule has 4 nitrogen and oxygen atoms in total. The van der Waals surface area contributed by atoms with Gasteiger partial charge in [0, 0.05) is 5.56 Å². The molecule has 2 N–H and O–H groups in total. The van der Waals surface area contributed by atoms with Gasteiger partial charge in [-0.25, -0.2) is 9.78 Å². The molecule has 4 heteroatoms. The summed E-state index contributed by atoms with van der Waals surface area (Å²) in [5.74, 6) is 0.286. The van der Waals surface area contributed by atoms with E-state index in [1.807, 2.05) is 30.3 Å². The number of carboxylic acids is 1. The Bertz CT molecular complexity index is 626. The number of carboxylic acid groups (broad SMARTS) is 1. The van der Waals surface area contributed by atoms with Gasteiger partial charge in [0.2, 0.25) is 0 Å². The van der Waals surface area contributed by atoms with Crippen LogP contribution in [0.25, 0.3) is 11.4 Å². The second kappa shape index (κ2) is 6.77. The fraction of sp³-hybridized carbons (Fsp3) is 0.444. The van der Waals surface area contributed by atoms with Crippen molar-refractivity contribution in [3.63, 3.8) is 0 Å². The van der Waals surface area contributed by atoms with Crippen molar-refractivity contribution in [2.45, 2.75) is 44.9 Å². The Morgan fingerprint density at radius 3 is 2.45 bits per heavy atom. The molecule has 2 aromatic rings. The Balaban J connectivity index is 1.86. The highest BCUT2D eigenvalue weighted by Crippen LogP contribution is 2.27. The van der Waals surface area contributed by atoms with Crippen LogP contribution in [0, 0.1) is 5.92 Å². The molecule has 116 valence electrons. The third-order valence-electron chi connectivity index (χ3n) is 4.50. The number of hydrogen-bond acceptors (Lipinski definition) is 2. The Hall–Kier alpha value is -2.10. The molecule has 0 spiro atoms. The van der Waals surface area contributed by atoms with Gasteiger partial charge in [0.1, 0.15) is 5.82 Å². The Morgan fingerprint density at radius 2 is 1.82 bits per heavy atom. The van der Waals surface area contributed by atoms with Gasteiger partial charge in [-0.2, -0.15) is 0 Å². The summed E-state index contributed by atoms with van der Waals surface area (Å²) >= 11 is 0. The smallest absolute Gasteiger partial charge is 0.356 e. The summed E-state index contributed by atoms with van der Waals surface area (Å²) in [7, 11) is 0. The Kier molecular flexibility index (Phi) is 4.56. The zero-order valence-electron chi connectivity index (χ0n) is 12.7. The van der Waals surface area contributed by atoms with Crippen molar-refractivity contribution in [2.75, 3.05) is 0 Å². The number of carbonyl (C=O) groups is 1. The number of hydrogen-bond donors (Lipinski definition) is 2. The summed E-state index contributed by atoms with van der Waals surface area (Å²) in [5, 5.41) is 9.43. The number of H-pyrrole nitrogens is 1. The molecule has 0 amide bonds. The number of aromatic carboxylic acids is 1. The zero-order chi connectivity index (χ0) is 15.4. The van der Waals surface area contributed by atoms with E-state index in [1.165, 1.54) is 38.5 Å². The molecular weight excluding hydrogens is 276 g/mol. The van der Waals surface area contributed by atoms with E-state index in [1.54, 1.807) is 0 Å². The largest absolute Gasteiger partial charge is 0.476 e. The summed E-state index contributed by atoms with van der Waals surface area (Å²) in [4.78, 5) is 19.1. The van der Waals surface area contributed by atoms with E-state index in [2.05, 4.69) is 9.97 Å². The number of nitrogens with one attached hydrogen (secondary N) is 1. The van der Waals surface area contributed by atoms with E-state index in [0.717, 1.165) is 17.7 Å². The molecule has 1 aromatic heterocycles. The van der Waals surface area contributed by atoms with Crippen molar-refractivity contribution in [3.8, 4) is 11.4 Å². The van der Waals surface area contributed by atoms with Crippen LogP contribution in [0.3, 0.4) is 0 Å². The Labute approximate surface area is 130 Å². The summed E-state index contributed by atoms with van der Waals surface area (Å²) in [5.41, 5.74) is 1.89. The number of benzene rings is 1. The van der Waals surface area contributed by atoms with Crippen molar-refractivity contribution in [1.82, 2.24) is 9.97 Å². The first-order valence-corrected chi connectivity index (χ1v) is 8.11. The highest BCUT2D eigenvalue weighted by atomic mass is 16.4. The summed E-state index contributed by atoms with van der Waals surface area (Å²) in [6.07, 6.45) is 8.31. The predicted molar refractivity (Wildman–Crippen MR) is 85.9 cm³/mol. The molecule has 1 aromatic carbocycles. The molecule has 22 heavy (non-hydrogen) atoms. The molecule has 1 heterocycles. The quantitative estimate of drug-likeness (QED) is 0.828. The first-order chi connectivity index (χ1) is 10.7. The number of rotatable bonds is 4. The third-order valence-corrected chi connectivity index (χ3v) is 4.50. The maximum atomic E-state index is 11.5. The van der Waals surface area contributed by atoms with E-state index < -0.39 is 5.97 Å². The summed E-state index contributed by atoms with van der Waals surface area (Å²) < 4.78 is 0. The van der Waals surface area contributed by atoms with E-state index in [9.17, 15) is 9.90 Å². The van der Waals surface area contributed by atoms with Gasteiger partial charge in [0.05, 0.1) is 5.69 Å². The number of aromatic amines is 1. The van der Waals surface area contributed by atoms with Gasteiger partial charge in [0.15, 0.2) is 5.69 Å². The van der Waals surface area contributed by atoms with Crippen molar-refractivity contribution in [1.29, 1.82) is 0 Å². The molecule has 0 atom stereocenters. The van der Waals surface area contributed by atoms with Crippen molar-refractivity contribution in [3.05, 3.63) is 41.7 Å². The molecule has 0 saturated heterocycles. The van der Waals surface area contributed by atoms with Crippen LogP contribution in [0.2, 0.25) is 0 Å². The van der Waals surface area contributed by atoms with Crippen LogP contribution >= 0.6 is 0 Å². The molecule has 0 radical (unpaired) electrons. The topological polar surface area (TPSA) is 66.0 Å². The molecule has 0 aliphatic heterocycles. The molecule has 1 saturated carbocycles. The van der Waals surface area contributed by atoms with Crippen LogP contribution in [-0.2, 0) is 6.42 Å². The second-order valence-electron chi connectivity index (χ2n) is 6.15.